The minimum atomic E-state index is -0.589. The normalized spacial score (nSPS) is 10.7. The number of aromatic hydroxyl groups is 1. The molecule has 116 valence electrons. The molecule has 0 saturated carbocycles. The van der Waals surface area contributed by atoms with Crippen LogP contribution in [-0.2, 0) is 4.79 Å². The molecule has 0 aliphatic carbocycles. The van der Waals surface area contributed by atoms with E-state index >= 15 is 0 Å². The molecule has 0 atom stereocenters. The summed E-state index contributed by atoms with van der Waals surface area (Å²) in [6, 6.07) is 10.7. The van der Waals surface area contributed by atoms with Crippen molar-refractivity contribution < 1.29 is 19.1 Å². The highest BCUT2D eigenvalue weighted by atomic mass is 35.5. The molecule has 0 spiro atoms. The summed E-state index contributed by atoms with van der Waals surface area (Å²) in [5.74, 6) is -0.482. The molecule has 0 saturated heterocycles. The lowest BCUT2D eigenvalue weighted by molar-refractivity contribution is -0.131. The molecule has 0 aliphatic rings. The Kier molecular flexibility index (Phi) is 4.04. The van der Waals surface area contributed by atoms with Gasteiger partial charge in [-0.1, -0.05) is 12.1 Å². The van der Waals surface area contributed by atoms with Gasteiger partial charge in [0.15, 0.2) is 5.43 Å². The maximum Gasteiger partial charge on any atom is 0.326 e. The van der Waals surface area contributed by atoms with Crippen LogP contribution in [0.4, 0.5) is 0 Å². The summed E-state index contributed by atoms with van der Waals surface area (Å²) < 4.78 is 10.5. The van der Waals surface area contributed by atoms with E-state index in [0.29, 0.717) is 22.1 Å². The van der Waals surface area contributed by atoms with Gasteiger partial charge < -0.3 is 14.3 Å². The molecule has 5 nitrogen and oxygen atoms in total. The molecule has 3 rings (SSSR count). The van der Waals surface area contributed by atoms with Crippen LogP contribution in [0.5, 0.6) is 11.5 Å². The molecule has 0 bridgehead atoms. The number of ether oxygens (including phenoxy) is 1. The van der Waals surface area contributed by atoms with Crippen LogP contribution in [0.2, 0.25) is 0 Å². The van der Waals surface area contributed by atoms with E-state index in [2.05, 4.69) is 0 Å². The Hall–Kier alpha value is -2.79. The second-order valence-electron chi connectivity index (χ2n) is 4.79. The number of rotatable bonds is 3. The van der Waals surface area contributed by atoms with E-state index in [1.54, 1.807) is 12.1 Å². The van der Waals surface area contributed by atoms with Crippen molar-refractivity contribution in [1.82, 2.24) is 0 Å². The third kappa shape index (κ3) is 3.05. The number of phenolic OH excluding ortho intramolecular Hbond substituents is 1. The molecule has 1 N–H and O–H groups in total. The monoisotopic (exact) mass is 330 g/mol. The number of fused-ring (bicyclic) bond motifs is 1. The van der Waals surface area contributed by atoms with Crippen molar-refractivity contribution in [1.29, 1.82) is 0 Å². The van der Waals surface area contributed by atoms with Crippen LogP contribution in [0.1, 0.15) is 0 Å². The molecular formula is C17H11ClO5. The lowest BCUT2D eigenvalue weighted by Gasteiger charge is -2.05. The van der Waals surface area contributed by atoms with Gasteiger partial charge in [-0.05, 0) is 29.8 Å². The van der Waals surface area contributed by atoms with Crippen LogP contribution in [0.25, 0.3) is 22.1 Å². The van der Waals surface area contributed by atoms with Crippen LogP contribution in [-0.4, -0.2) is 17.0 Å². The Labute approximate surface area is 135 Å². The van der Waals surface area contributed by atoms with Gasteiger partial charge in [0, 0.05) is 6.07 Å². The molecule has 1 heterocycles. The minimum Gasteiger partial charge on any atom is -0.508 e. The Morgan fingerprint density at radius 3 is 2.61 bits per heavy atom. The molecular weight excluding hydrogens is 320 g/mol. The fraction of sp³-hybridized carbons (Fsp3) is 0.0588. The Balaban J connectivity index is 2.06. The third-order valence-corrected chi connectivity index (χ3v) is 3.48. The molecule has 1 aromatic heterocycles. The Morgan fingerprint density at radius 1 is 1.17 bits per heavy atom. The molecule has 0 unspecified atom stereocenters. The zero-order valence-corrected chi connectivity index (χ0v) is 12.5. The average molecular weight is 331 g/mol. The number of hydrogen-bond acceptors (Lipinski definition) is 5. The lowest BCUT2D eigenvalue weighted by Crippen LogP contribution is -2.09. The summed E-state index contributed by atoms with van der Waals surface area (Å²) in [7, 11) is 0. The molecule has 0 aliphatic heterocycles. The zero-order chi connectivity index (χ0) is 16.4. The predicted octanol–water partition coefficient (Wildman–Crippen LogP) is 3.31. The summed E-state index contributed by atoms with van der Waals surface area (Å²) in [5.41, 5.74) is 1.10. The van der Waals surface area contributed by atoms with E-state index in [9.17, 15) is 14.7 Å². The van der Waals surface area contributed by atoms with Gasteiger partial charge in [-0.15, -0.1) is 11.6 Å². The van der Waals surface area contributed by atoms with Crippen molar-refractivity contribution in [3.8, 4) is 22.6 Å². The van der Waals surface area contributed by atoms with Gasteiger partial charge in [0.2, 0.25) is 0 Å². The highest BCUT2D eigenvalue weighted by Crippen LogP contribution is 2.24. The molecule has 6 heteroatoms. The molecule has 2 aromatic carbocycles. The van der Waals surface area contributed by atoms with Gasteiger partial charge >= 0.3 is 5.97 Å². The Bertz CT molecular complexity index is 928. The predicted molar refractivity (Wildman–Crippen MR) is 85.9 cm³/mol. The number of hydrogen-bond donors (Lipinski definition) is 1. The minimum absolute atomic E-state index is 0.115. The highest BCUT2D eigenvalue weighted by molar-refractivity contribution is 6.26. The summed E-state index contributed by atoms with van der Waals surface area (Å²) >= 11 is 5.38. The van der Waals surface area contributed by atoms with Gasteiger partial charge in [0.1, 0.15) is 29.2 Å². The van der Waals surface area contributed by atoms with E-state index in [1.807, 2.05) is 0 Å². The number of phenols is 1. The lowest BCUT2D eigenvalue weighted by atomic mass is 10.1. The van der Waals surface area contributed by atoms with E-state index < -0.39 is 5.97 Å². The first-order chi connectivity index (χ1) is 11.1. The van der Waals surface area contributed by atoms with E-state index in [0.717, 1.165) is 0 Å². The average Bonchev–Trinajstić information content (AvgIpc) is 2.56. The van der Waals surface area contributed by atoms with Gasteiger partial charge in [-0.2, -0.15) is 0 Å². The first kappa shape index (κ1) is 15.1. The number of carbonyl (C=O) groups excluding carboxylic acids is 1. The van der Waals surface area contributed by atoms with Crippen LogP contribution < -0.4 is 10.2 Å². The largest absolute Gasteiger partial charge is 0.508 e. The first-order valence-electron chi connectivity index (χ1n) is 6.70. The zero-order valence-electron chi connectivity index (χ0n) is 11.8. The number of benzene rings is 2. The van der Waals surface area contributed by atoms with Gasteiger partial charge in [-0.3, -0.25) is 9.59 Å². The Morgan fingerprint density at radius 2 is 1.91 bits per heavy atom. The van der Waals surface area contributed by atoms with Crippen molar-refractivity contribution in [2.45, 2.75) is 0 Å². The van der Waals surface area contributed by atoms with E-state index in [1.165, 1.54) is 36.6 Å². The van der Waals surface area contributed by atoms with Gasteiger partial charge in [0.05, 0.1) is 10.9 Å². The first-order valence-corrected chi connectivity index (χ1v) is 7.23. The highest BCUT2D eigenvalue weighted by Gasteiger charge is 2.11. The van der Waals surface area contributed by atoms with Gasteiger partial charge in [0.25, 0.3) is 0 Å². The molecule has 0 radical (unpaired) electrons. The van der Waals surface area contributed by atoms with Crippen LogP contribution in [0, 0.1) is 0 Å². The SMILES string of the molecule is O=C(CCl)Oc1ccc2c(=O)c(-c3ccc(O)cc3)coc2c1. The number of alkyl halides is 1. The fourth-order valence-electron chi connectivity index (χ4n) is 2.17. The fourth-order valence-corrected chi connectivity index (χ4v) is 2.23. The smallest absolute Gasteiger partial charge is 0.326 e. The maximum absolute atomic E-state index is 12.6. The summed E-state index contributed by atoms with van der Waals surface area (Å²) in [6.07, 6.45) is 1.34. The summed E-state index contributed by atoms with van der Waals surface area (Å²) in [5, 5.41) is 9.68. The van der Waals surface area contributed by atoms with Gasteiger partial charge in [-0.25, -0.2) is 0 Å². The molecule has 0 fully saturated rings. The van der Waals surface area contributed by atoms with Crippen LogP contribution in [0.3, 0.4) is 0 Å². The van der Waals surface area contributed by atoms with Crippen molar-refractivity contribution >= 4 is 28.5 Å². The summed E-state index contributed by atoms with van der Waals surface area (Å²) in [6.45, 7) is 0. The maximum atomic E-state index is 12.6. The molecule has 0 amide bonds. The molecule has 23 heavy (non-hydrogen) atoms. The second kappa shape index (κ2) is 6.14. The van der Waals surface area contributed by atoms with Crippen molar-refractivity contribution in [3.63, 3.8) is 0 Å². The quantitative estimate of drug-likeness (QED) is 0.453. The number of halogens is 1. The number of carbonyl (C=O) groups is 1. The van der Waals surface area contributed by atoms with E-state index in [4.69, 9.17) is 20.8 Å². The van der Waals surface area contributed by atoms with E-state index in [-0.39, 0.29) is 22.8 Å². The van der Waals surface area contributed by atoms with Crippen molar-refractivity contribution in [3.05, 3.63) is 59.0 Å². The standard InChI is InChI=1S/C17H11ClO5/c18-8-16(20)23-12-5-6-13-15(7-12)22-9-14(17(13)21)10-1-3-11(19)4-2-10/h1-7,9,19H,8H2. The van der Waals surface area contributed by atoms with Crippen LogP contribution >= 0.6 is 11.6 Å². The summed E-state index contributed by atoms with van der Waals surface area (Å²) in [4.78, 5) is 23.7. The topological polar surface area (TPSA) is 76.7 Å². The number of esters is 1. The van der Waals surface area contributed by atoms with Crippen molar-refractivity contribution in [2.75, 3.05) is 5.88 Å². The molecule has 3 aromatic rings. The van der Waals surface area contributed by atoms with Crippen LogP contribution in [0.15, 0.2) is 57.9 Å². The van der Waals surface area contributed by atoms with Crippen molar-refractivity contribution in [2.24, 2.45) is 0 Å². The third-order valence-electron chi connectivity index (χ3n) is 3.27. The second-order valence-corrected chi connectivity index (χ2v) is 5.06.